The Kier molecular flexibility index (Phi) is 5.15. The van der Waals surface area contributed by atoms with Gasteiger partial charge in [0.1, 0.15) is 0 Å². The van der Waals surface area contributed by atoms with Crippen LogP contribution < -0.4 is 11.3 Å². The van der Waals surface area contributed by atoms with Gasteiger partial charge in [-0.2, -0.15) is 0 Å². The Morgan fingerprint density at radius 1 is 1.15 bits per heavy atom. The van der Waals surface area contributed by atoms with Gasteiger partial charge in [0.2, 0.25) is 11.5 Å². The molecule has 1 amide bonds. The zero-order valence-electron chi connectivity index (χ0n) is 15.4. The van der Waals surface area contributed by atoms with E-state index in [1.54, 1.807) is 19.3 Å². The normalized spacial score (nSPS) is 18.3. The molecule has 0 saturated carbocycles. The van der Waals surface area contributed by atoms with Crippen LogP contribution in [-0.4, -0.2) is 40.4 Å². The van der Waals surface area contributed by atoms with Crippen molar-refractivity contribution in [2.24, 2.45) is 12.8 Å². The number of likely N-dealkylation sites (tertiary alicyclic amines) is 1. The van der Waals surface area contributed by atoms with Crippen LogP contribution in [-0.2, 0) is 11.8 Å². The first-order valence-corrected chi connectivity index (χ1v) is 8.87. The number of carbonyl (C=O) groups is 1. The number of rotatable bonds is 4. The van der Waals surface area contributed by atoms with Crippen molar-refractivity contribution in [1.29, 1.82) is 0 Å². The van der Waals surface area contributed by atoms with E-state index in [1.807, 2.05) is 31.2 Å². The van der Waals surface area contributed by atoms with Crippen LogP contribution in [0.3, 0.4) is 0 Å². The number of hydrogen-bond donors (Lipinski definition) is 1. The number of benzene rings is 1. The minimum atomic E-state index is -2.82. The van der Waals surface area contributed by atoms with E-state index in [2.05, 4.69) is 0 Å². The maximum absolute atomic E-state index is 13.3. The zero-order valence-corrected chi connectivity index (χ0v) is 15.4. The molecule has 3 rings (SSSR count). The maximum Gasteiger partial charge on any atom is 0.267 e. The van der Waals surface area contributed by atoms with Crippen LogP contribution in [0.15, 0.2) is 47.4 Å². The van der Waals surface area contributed by atoms with E-state index in [0.29, 0.717) is 0 Å². The van der Waals surface area contributed by atoms with Gasteiger partial charge in [0.25, 0.3) is 5.92 Å². The molecule has 0 radical (unpaired) electrons. The molecule has 7 heteroatoms. The van der Waals surface area contributed by atoms with Gasteiger partial charge in [0, 0.05) is 38.2 Å². The van der Waals surface area contributed by atoms with Gasteiger partial charge in [0.05, 0.1) is 12.6 Å². The van der Waals surface area contributed by atoms with E-state index < -0.39 is 24.4 Å². The average molecular weight is 375 g/mol. The summed E-state index contributed by atoms with van der Waals surface area (Å²) in [5.74, 6) is -3.57. The van der Waals surface area contributed by atoms with Crippen molar-refractivity contribution in [2.75, 3.05) is 13.1 Å². The zero-order chi connectivity index (χ0) is 19.8. The number of alkyl halides is 2. The predicted octanol–water partition coefficient (Wildman–Crippen LogP) is 2.35. The number of hydrogen-bond acceptors (Lipinski definition) is 3. The third-order valence-electron chi connectivity index (χ3n) is 5.16. The molecule has 0 aliphatic carbocycles. The Morgan fingerprint density at radius 2 is 1.78 bits per heavy atom. The first kappa shape index (κ1) is 19.2. The van der Waals surface area contributed by atoms with Gasteiger partial charge < -0.3 is 15.2 Å². The van der Waals surface area contributed by atoms with Crippen LogP contribution in [0.1, 0.15) is 24.8 Å². The fourth-order valence-corrected chi connectivity index (χ4v) is 3.30. The highest BCUT2D eigenvalue weighted by Gasteiger charge is 2.42. The molecule has 1 aliphatic heterocycles. The van der Waals surface area contributed by atoms with Crippen molar-refractivity contribution in [3.63, 3.8) is 0 Å². The molecule has 0 spiro atoms. The lowest BCUT2D eigenvalue weighted by molar-refractivity contribution is -0.133. The smallest absolute Gasteiger partial charge is 0.267 e. The van der Waals surface area contributed by atoms with Gasteiger partial charge in [-0.1, -0.05) is 31.2 Å². The Labute approximate surface area is 156 Å². The summed E-state index contributed by atoms with van der Waals surface area (Å²) in [5, 5.41) is 0. The highest BCUT2D eigenvalue weighted by molar-refractivity contribution is 5.83. The second kappa shape index (κ2) is 7.23. The summed E-state index contributed by atoms with van der Waals surface area (Å²) < 4.78 is 28.2. The predicted molar refractivity (Wildman–Crippen MR) is 99.7 cm³/mol. The van der Waals surface area contributed by atoms with Crippen LogP contribution in [0.25, 0.3) is 11.1 Å². The molecule has 1 aromatic heterocycles. The summed E-state index contributed by atoms with van der Waals surface area (Å²) in [6.45, 7) is 1.30. The largest absolute Gasteiger partial charge is 0.335 e. The second-order valence-electron chi connectivity index (χ2n) is 7.17. The quantitative estimate of drug-likeness (QED) is 0.892. The summed E-state index contributed by atoms with van der Waals surface area (Å²) in [7, 11) is 1.69. The number of carbonyl (C=O) groups excluding carboxylic acids is 1. The molecule has 2 heterocycles. The molecule has 2 atom stereocenters. The molecule has 27 heavy (non-hydrogen) atoms. The Balaban J connectivity index is 1.73. The molecule has 1 saturated heterocycles. The van der Waals surface area contributed by atoms with Gasteiger partial charge in [0.15, 0.2) is 0 Å². The standard InChI is InChI=1S/C20H23F2N3O2/c1-13(18(23)19(27)25-10-9-20(21,22)12-25)14-3-5-15(6-4-14)16-7-8-17(26)24(2)11-16/h3-8,11,13,18H,9-10,12,23H2,1-2H3/t13-,18-/m0/s1. The van der Waals surface area contributed by atoms with Crippen LogP contribution in [0, 0.1) is 0 Å². The van der Waals surface area contributed by atoms with Gasteiger partial charge in [-0.15, -0.1) is 0 Å². The maximum atomic E-state index is 13.3. The molecule has 5 nitrogen and oxygen atoms in total. The third kappa shape index (κ3) is 4.08. The molecular weight excluding hydrogens is 352 g/mol. The molecule has 2 aromatic rings. The lowest BCUT2D eigenvalue weighted by Gasteiger charge is -2.25. The number of amides is 1. The first-order chi connectivity index (χ1) is 12.7. The van der Waals surface area contributed by atoms with E-state index >= 15 is 0 Å². The number of aromatic nitrogens is 1. The molecule has 0 bridgehead atoms. The summed E-state index contributed by atoms with van der Waals surface area (Å²) in [6, 6.07) is 9.92. The number of aryl methyl sites for hydroxylation is 1. The number of nitrogens with two attached hydrogens (primary N) is 1. The molecule has 2 N–H and O–H groups in total. The van der Waals surface area contributed by atoms with Gasteiger partial charge in [-0.3, -0.25) is 9.59 Å². The van der Waals surface area contributed by atoms with Crippen LogP contribution in [0.2, 0.25) is 0 Å². The highest BCUT2D eigenvalue weighted by atomic mass is 19.3. The summed E-state index contributed by atoms with van der Waals surface area (Å²) in [4.78, 5) is 25.1. The lowest BCUT2D eigenvalue weighted by Crippen LogP contribution is -2.46. The van der Waals surface area contributed by atoms with Crippen LogP contribution >= 0.6 is 0 Å². The van der Waals surface area contributed by atoms with Gasteiger partial charge in [-0.05, 0) is 22.8 Å². The van der Waals surface area contributed by atoms with E-state index in [1.165, 1.54) is 10.6 Å². The SMILES string of the molecule is C[C@@H](c1ccc(-c2ccc(=O)n(C)c2)cc1)[C@H](N)C(=O)N1CCC(F)(F)C1. The monoisotopic (exact) mass is 375 g/mol. The number of nitrogens with zero attached hydrogens (tertiary/aromatic N) is 2. The highest BCUT2D eigenvalue weighted by Crippen LogP contribution is 2.29. The summed E-state index contributed by atoms with van der Waals surface area (Å²) >= 11 is 0. The average Bonchev–Trinajstić information content (AvgIpc) is 3.02. The topological polar surface area (TPSA) is 68.3 Å². The van der Waals surface area contributed by atoms with E-state index in [0.717, 1.165) is 21.6 Å². The lowest BCUT2D eigenvalue weighted by atomic mass is 9.91. The Bertz CT molecular complexity index is 893. The second-order valence-corrected chi connectivity index (χ2v) is 7.17. The minimum absolute atomic E-state index is 0.0396. The van der Waals surface area contributed by atoms with Crippen LogP contribution in [0.4, 0.5) is 8.78 Å². The van der Waals surface area contributed by atoms with Crippen molar-refractivity contribution in [2.45, 2.75) is 31.2 Å². The number of pyridine rings is 1. The van der Waals surface area contributed by atoms with E-state index in [-0.39, 0.29) is 24.4 Å². The van der Waals surface area contributed by atoms with Crippen molar-refractivity contribution in [1.82, 2.24) is 9.47 Å². The van der Waals surface area contributed by atoms with Gasteiger partial charge >= 0.3 is 0 Å². The minimum Gasteiger partial charge on any atom is -0.335 e. The molecule has 0 unspecified atom stereocenters. The van der Waals surface area contributed by atoms with Crippen molar-refractivity contribution >= 4 is 5.91 Å². The first-order valence-electron chi connectivity index (χ1n) is 8.87. The van der Waals surface area contributed by atoms with Gasteiger partial charge in [-0.25, -0.2) is 8.78 Å². The Morgan fingerprint density at radius 3 is 2.33 bits per heavy atom. The van der Waals surface area contributed by atoms with E-state index in [9.17, 15) is 18.4 Å². The molecule has 1 fully saturated rings. The van der Waals surface area contributed by atoms with Crippen LogP contribution in [0.5, 0.6) is 0 Å². The van der Waals surface area contributed by atoms with Crippen molar-refractivity contribution < 1.29 is 13.6 Å². The third-order valence-corrected chi connectivity index (χ3v) is 5.16. The van der Waals surface area contributed by atoms with Crippen molar-refractivity contribution in [3.8, 4) is 11.1 Å². The number of halogens is 2. The summed E-state index contributed by atoms with van der Waals surface area (Å²) in [5.41, 5.74) is 8.68. The van der Waals surface area contributed by atoms with Crippen molar-refractivity contribution in [3.05, 3.63) is 58.5 Å². The summed E-state index contributed by atoms with van der Waals surface area (Å²) in [6.07, 6.45) is 1.44. The van der Waals surface area contributed by atoms with E-state index in [4.69, 9.17) is 5.73 Å². The fourth-order valence-electron chi connectivity index (χ4n) is 3.30. The molecule has 144 valence electrons. The molecular formula is C20H23F2N3O2. The fraction of sp³-hybridized carbons (Fsp3) is 0.400. The Hall–Kier alpha value is -2.54. The molecule has 1 aliphatic rings. The molecule has 1 aromatic carbocycles.